The minimum absolute atomic E-state index is 0.227. The molecular weight excluding hydrogens is 340 g/mol. The third-order valence-corrected chi connectivity index (χ3v) is 3.78. The van der Waals surface area contributed by atoms with Gasteiger partial charge in [0.05, 0.1) is 16.9 Å². The molecule has 2 heterocycles. The summed E-state index contributed by atoms with van der Waals surface area (Å²) in [6.07, 6.45) is 6.23. The molecule has 0 aliphatic carbocycles. The molecule has 6 nitrogen and oxygen atoms in total. The number of pyridine rings is 1. The van der Waals surface area contributed by atoms with Gasteiger partial charge in [0.25, 0.3) is 5.91 Å². The van der Waals surface area contributed by atoms with E-state index in [1.807, 2.05) is 0 Å². The van der Waals surface area contributed by atoms with E-state index in [4.69, 9.17) is 11.6 Å². The van der Waals surface area contributed by atoms with E-state index in [9.17, 15) is 9.59 Å². The van der Waals surface area contributed by atoms with E-state index >= 15 is 0 Å². The number of carbonyl (C=O) groups is 2. The smallest absolute Gasteiger partial charge is 0.274 e. The summed E-state index contributed by atoms with van der Waals surface area (Å²) in [5.41, 5.74) is 2.03. The minimum Gasteiger partial charge on any atom is -0.322 e. The average Bonchev–Trinajstić information content (AvgIpc) is 3.00. The Morgan fingerprint density at radius 1 is 1.20 bits per heavy atom. The van der Waals surface area contributed by atoms with Crippen molar-refractivity contribution in [1.82, 2.24) is 9.38 Å². The third kappa shape index (κ3) is 3.70. The lowest BCUT2D eigenvalue weighted by molar-refractivity contribution is -0.111. The quantitative estimate of drug-likeness (QED) is 0.700. The van der Waals surface area contributed by atoms with Crippen LogP contribution in [0.3, 0.4) is 0 Å². The van der Waals surface area contributed by atoms with Gasteiger partial charge >= 0.3 is 0 Å². The molecule has 0 unspecified atom stereocenters. The van der Waals surface area contributed by atoms with Crippen LogP contribution in [0.25, 0.3) is 5.65 Å². The highest BCUT2D eigenvalue weighted by Crippen LogP contribution is 2.21. The molecule has 0 saturated carbocycles. The van der Waals surface area contributed by atoms with Crippen LogP contribution in [-0.2, 0) is 4.79 Å². The highest BCUT2D eigenvalue weighted by molar-refractivity contribution is 6.33. The van der Waals surface area contributed by atoms with Crippen molar-refractivity contribution in [3.63, 3.8) is 0 Å². The van der Waals surface area contributed by atoms with E-state index in [2.05, 4.69) is 15.6 Å². The van der Waals surface area contributed by atoms with Gasteiger partial charge in [0.2, 0.25) is 5.91 Å². The summed E-state index contributed by atoms with van der Waals surface area (Å²) < 4.78 is 1.64. The monoisotopic (exact) mass is 354 g/mol. The van der Waals surface area contributed by atoms with Gasteiger partial charge in [-0.2, -0.15) is 0 Å². The van der Waals surface area contributed by atoms with Crippen molar-refractivity contribution in [1.29, 1.82) is 0 Å². The number of allylic oxidation sites excluding steroid dienone is 1. The molecule has 25 heavy (non-hydrogen) atoms. The summed E-state index contributed by atoms with van der Waals surface area (Å²) in [6.45, 7) is 1.77. The second-order valence-electron chi connectivity index (χ2n) is 5.21. The summed E-state index contributed by atoms with van der Waals surface area (Å²) in [4.78, 5) is 28.3. The Balaban J connectivity index is 1.84. The number of nitrogens with one attached hydrogen (secondary N) is 2. The molecule has 3 aromatic rings. The molecule has 2 amide bonds. The maximum atomic E-state index is 12.5. The van der Waals surface area contributed by atoms with E-state index in [0.717, 1.165) is 0 Å². The van der Waals surface area contributed by atoms with E-state index in [1.54, 1.807) is 60.0 Å². The number of halogens is 1. The molecule has 3 rings (SSSR count). The molecule has 0 aliphatic heterocycles. The highest BCUT2D eigenvalue weighted by Gasteiger charge is 2.14. The van der Waals surface area contributed by atoms with E-state index in [-0.39, 0.29) is 11.8 Å². The number of nitrogens with zero attached hydrogens (tertiary/aromatic N) is 2. The number of rotatable bonds is 4. The zero-order valence-electron chi connectivity index (χ0n) is 13.4. The summed E-state index contributed by atoms with van der Waals surface area (Å²) in [7, 11) is 0. The Morgan fingerprint density at radius 3 is 2.76 bits per heavy atom. The van der Waals surface area contributed by atoms with E-state index in [0.29, 0.717) is 27.7 Å². The van der Waals surface area contributed by atoms with Crippen molar-refractivity contribution >= 4 is 40.4 Å². The second-order valence-corrected chi connectivity index (χ2v) is 5.62. The topological polar surface area (TPSA) is 75.5 Å². The predicted octanol–water partition coefficient (Wildman–Crippen LogP) is 3.75. The SMILES string of the molecule is C/C=C/C(=O)Nc1ccn2c(C(=O)Nc3ccccc3Cl)cnc2c1. The van der Waals surface area contributed by atoms with Gasteiger partial charge in [0, 0.05) is 18.0 Å². The fourth-order valence-corrected chi connectivity index (χ4v) is 2.49. The first-order valence-corrected chi connectivity index (χ1v) is 7.93. The van der Waals surface area contributed by atoms with Crippen molar-refractivity contribution in [2.75, 3.05) is 10.6 Å². The molecule has 0 fully saturated rings. The Morgan fingerprint density at radius 2 is 2.00 bits per heavy atom. The lowest BCUT2D eigenvalue weighted by Gasteiger charge is -2.07. The Bertz CT molecular complexity index is 978. The van der Waals surface area contributed by atoms with Gasteiger partial charge in [-0.25, -0.2) is 4.98 Å². The lowest BCUT2D eigenvalue weighted by atomic mass is 10.3. The summed E-state index contributed by atoms with van der Waals surface area (Å²) in [5, 5.41) is 5.94. The zero-order valence-corrected chi connectivity index (χ0v) is 14.1. The van der Waals surface area contributed by atoms with Crippen LogP contribution >= 0.6 is 11.6 Å². The molecule has 7 heteroatoms. The molecule has 1 aromatic carbocycles. The van der Waals surface area contributed by atoms with Crippen molar-refractivity contribution in [2.24, 2.45) is 0 Å². The fourth-order valence-electron chi connectivity index (χ4n) is 2.31. The van der Waals surface area contributed by atoms with Crippen LogP contribution in [-0.4, -0.2) is 21.2 Å². The first kappa shape index (κ1) is 16.7. The molecule has 0 saturated heterocycles. The van der Waals surface area contributed by atoms with Crippen LogP contribution in [0.4, 0.5) is 11.4 Å². The van der Waals surface area contributed by atoms with Gasteiger partial charge in [-0.15, -0.1) is 0 Å². The fraction of sp³-hybridized carbons (Fsp3) is 0.0556. The lowest BCUT2D eigenvalue weighted by Crippen LogP contribution is -2.14. The third-order valence-electron chi connectivity index (χ3n) is 3.45. The number of anilines is 2. The number of fused-ring (bicyclic) bond motifs is 1. The van der Waals surface area contributed by atoms with Crippen LogP contribution < -0.4 is 10.6 Å². The van der Waals surface area contributed by atoms with Crippen LogP contribution in [0, 0.1) is 0 Å². The number of amides is 2. The average molecular weight is 355 g/mol. The van der Waals surface area contributed by atoms with Crippen LogP contribution in [0.15, 0.2) is 60.9 Å². The Kier molecular flexibility index (Phi) is 4.81. The summed E-state index contributed by atoms with van der Waals surface area (Å²) in [5.74, 6) is -0.554. The Labute approximate surface area is 149 Å². The van der Waals surface area contributed by atoms with Gasteiger partial charge in [0.1, 0.15) is 11.3 Å². The number of aromatic nitrogens is 2. The van der Waals surface area contributed by atoms with Gasteiger partial charge in [0.15, 0.2) is 0 Å². The number of para-hydroxylation sites is 1. The largest absolute Gasteiger partial charge is 0.322 e. The number of hydrogen-bond donors (Lipinski definition) is 2. The number of imidazole rings is 1. The molecule has 0 spiro atoms. The highest BCUT2D eigenvalue weighted by atomic mass is 35.5. The number of hydrogen-bond acceptors (Lipinski definition) is 3. The van der Waals surface area contributed by atoms with Crippen molar-refractivity contribution < 1.29 is 9.59 Å². The summed E-state index contributed by atoms with van der Waals surface area (Å²) >= 11 is 6.06. The maximum Gasteiger partial charge on any atom is 0.274 e. The Hall–Kier alpha value is -3.12. The normalized spacial score (nSPS) is 11.0. The minimum atomic E-state index is -0.327. The number of benzene rings is 1. The summed E-state index contributed by atoms with van der Waals surface area (Å²) in [6, 6.07) is 10.4. The zero-order chi connectivity index (χ0) is 17.8. The number of carbonyl (C=O) groups excluding carboxylic acids is 2. The molecular formula is C18H15ClN4O2. The predicted molar refractivity (Wildman–Crippen MR) is 98.0 cm³/mol. The molecule has 126 valence electrons. The van der Waals surface area contributed by atoms with Crippen molar-refractivity contribution in [3.05, 3.63) is 71.7 Å². The van der Waals surface area contributed by atoms with Gasteiger partial charge in [-0.05, 0) is 31.2 Å². The van der Waals surface area contributed by atoms with Gasteiger partial charge < -0.3 is 10.6 Å². The molecule has 0 aliphatic rings. The maximum absolute atomic E-state index is 12.5. The van der Waals surface area contributed by atoms with Crippen molar-refractivity contribution in [2.45, 2.75) is 6.92 Å². The molecule has 2 aromatic heterocycles. The van der Waals surface area contributed by atoms with Crippen LogP contribution in [0.5, 0.6) is 0 Å². The van der Waals surface area contributed by atoms with Gasteiger partial charge in [-0.3, -0.25) is 14.0 Å². The van der Waals surface area contributed by atoms with Crippen LogP contribution in [0.2, 0.25) is 5.02 Å². The van der Waals surface area contributed by atoms with Gasteiger partial charge in [-0.1, -0.05) is 29.8 Å². The van der Waals surface area contributed by atoms with Crippen molar-refractivity contribution in [3.8, 4) is 0 Å². The van der Waals surface area contributed by atoms with E-state index in [1.165, 1.54) is 12.3 Å². The molecule has 0 bridgehead atoms. The molecule has 2 N–H and O–H groups in total. The first-order valence-electron chi connectivity index (χ1n) is 7.55. The standard InChI is InChI=1S/C18H15ClN4O2/c1-2-5-17(24)21-12-8-9-23-15(11-20-16(23)10-12)18(25)22-14-7-4-3-6-13(14)19/h2-11H,1H3,(H,21,24)(H,22,25)/b5-2+. The molecule has 0 atom stereocenters. The first-order chi connectivity index (χ1) is 12.1. The second kappa shape index (κ2) is 7.19. The van der Waals surface area contributed by atoms with E-state index < -0.39 is 0 Å². The molecule has 0 radical (unpaired) electrons. The van der Waals surface area contributed by atoms with Crippen LogP contribution in [0.1, 0.15) is 17.4 Å².